The summed E-state index contributed by atoms with van der Waals surface area (Å²) in [7, 11) is 0. The minimum atomic E-state index is -0.934. The van der Waals surface area contributed by atoms with Gasteiger partial charge in [0.05, 0.1) is 0 Å². The molecule has 0 aromatic rings. The van der Waals surface area contributed by atoms with Gasteiger partial charge in [0, 0.05) is 45.3 Å². The summed E-state index contributed by atoms with van der Waals surface area (Å²) in [5.41, 5.74) is 0. The summed E-state index contributed by atoms with van der Waals surface area (Å²) in [5.74, 6) is 0. The van der Waals surface area contributed by atoms with Crippen LogP contribution in [0.5, 0.6) is 0 Å². The highest BCUT2D eigenvalue weighted by Crippen LogP contribution is 2.04. The van der Waals surface area contributed by atoms with Crippen LogP contribution in [0.3, 0.4) is 0 Å². The first-order chi connectivity index (χ1) is 7.09. The number of rotatable bonds is 4. The van der Waals surface area contributed by atoms with Crippen LogP contribution in [0.2, 0.25) is 0 Å². The number of nitrogens with zero attached hydrogens (tertiary/aromatic N) is 2. The Morgan fingerprint density at radius 2 is 1.93 bits per heavy atom. The number of hydrogen-bond donors (Lipinski definition) is 2. The lowest BCUT2D eigenvalue weighted by Crippen LogP contribution is -2.50. The van der Waals surface area contributed by atoms with Crippen molar-refractivity contribution < 1.29 is 9.90 Å². The van der Waals surface area contributed by atoms with Gasteiger partial charge in [0.2, 0.25) is 0 Å². The van der Waals surface area contributed by atoms with Crippen LogP contribution in [0.1, 0.15) is 13.8 Å². The topological polar surface area (TPSA) is 55.8 Å². The molecule has 1 rings (SSSR count). The molecule has 5 nitrogen and oxygen atoms in total. The maximum atomic E-state index is 10.2. The van der Waals surface area contributed by atoms with E-state index >= 15 is 0 Å². The first-order valence-electron chi connectivity index (χ1n) is 5.53. The zero-order valence-corrected chi connectivity index (χ0v) is 9.57. The van der Waals surface area contributed by atoms with Crippen LogP contribution in [-0.4, -0.2) is 66.3 Å². The van der Waals surface area contributed by atoms with Crippen LogP contribution in [0.15, 0.2) is 0 Å². The second-order valence-electron chi connectivity index (χ2n) is 4.20. The molecule has 0 radical (unpaired) electrons. The van der Waals surface area contributed by atoms with Gasteiger partial charge in [0.1, 0.15) is 0 Å². The molecule has 1 heterocycles. The van der Waals surface area contributed by atoms with Crippen molar-refractivity contribution in [3.8, 4) is 0 Å². The smallest absolute Gasteiger partial charge is 0.404 e. The summed E-state index contributed by atoms with van der Waals surface area (Å²) in [6.07, 6.45) is -0.934. The SMILES string of the molecule is CC(C)N1CCN(CCNC(=O)O)CC1. The van der Waals surface area contributed by atoms with Crippen molar-refractivity contribution in [3.63, 3.8) is 0 Å². The van der Waals surface area contributed by atoms with Crippen LogP contribution in [-0.2, 0) is 0 Å². The van der Waals surface area contributed by atoms with Crippen molar-refractivity contribution in [3.05, 3.63) is 0 Å². The van der Waals surface area contributed by atoms with Crippen molar-refractivity contribution in [2.75, 3.05) is 39.3 Å². The van der Waals surface area contributed by atoms with E-state index in [0.717, 1.165) is 32.7 Å². The van der Waals surface area contributed by atoms with Crippen molar-refractivity contribution in [1.29, 1.82) is 0 Å². The molecule has 0 aliphatic carbocycles. The van der Waals surface area contributed by atoms with Gasteiger partial charge in [-0.2, -0.15) is 0 Å². The number of hydrogen-bond acceptors (Lipinski definition) is 3. The lowest BCUT2D eigenvalue weighted by Gasteiger charge is -2.36. The highest BCUT2D eigenvalue weighted by molar-refractivity contribution is 5.64. The summed E-state index contributed by atoms with van der Waals surface area (Å²) in [4.78, 5) is 15.0. The lowest BCUT2D eigenvalue weighted by molar-refractivity contribution is 0.109. The predicted molar refractivity (Wildman–Crippen MR) is 59.2 cm³/mol. The first-order valence-corrected chi connectivity index (χ1v) is 5.53. The molecule has 0 spiro atoms. The fourth-order valence-corrected chi connectivity index (χ4v) is 1.82. The summed E-state index contributed by atoms with van der Waals surface area (Å²) < 4.78 is 0. The number of amides is 1. The molecule has 5 heteroatoms. The molecule has 0 aromatic carbocycles. The molecule has 88 valence electrons. The van der Waals surface area contributed by atoms with E-state index in [2.05, 4.69) is 29.0 Å². The highest BCUT2D eigenvalue weighted by atomic mass is 16.4. The fourth-order valence-electron chi connectivity index (χ4n) is 1.82. The van der Waals surface area contributed by atoms with Gasteiger partial charge in [-0.1, -0.05) is 0 Å². The Morgan fingerprint density at radius 1 is 1.33 bits per heavy atom. The van der Waals surface area contributed by atoms with Gasteiger partial charge in [0.15, 0.2) is 0 Å². The molecular formula is C10H21N3O2. The molecule has 1 amide bonds. The van der Waals surface area contributed by atoms with E-state index < -0.39 is 6.09 Å². The minimum Gasteiger partial charge on any atom is -0.465 e. The summed E-state index contributed by atoms with van der Waals surface area (Å²) in [6.45, 7) is 10.0. The van der Waals surface area contributed by atoms with Crippen LogP contribution < -0.4 is 5.32 Å². The monoisotopic (exact) mass is 215 g/mol. The predicted octanol–water partition coefficient (Wildman–Crippen LogP) is 0.280. The van der Waals surface area contributed by atoms with Gasteiger partial charge in [0.25, 0.3) is 0 Å². The van der Waals surface area contributed by atoms with Gasteiger partial charge >= 0.3 is 6.09 Å². The van der Waals surface area contributed by atoms with E-state index in [0.29, 0.717) is 12.6 Å². The van der Waals surface area contributed by atoms with Gasteiger partial charge in [-0.25, -0.2) is 4.79 Å². The summed E-state index contributed by atoms with van der Waals surface area (Å²) >= 11 is 0. The maximum absolute atomic E-state index is 10.2. The van der Waals surface area contributed by atoms with E-state index in [9.17, 15) is 4.79 Å². The van der Waals surface area contributed by atoms with E-state index in [1.54, 1.807) is 0 Å². The summed E-state index contributed by atoms with van der Waals surface area (Å²) in [6, 6.07) is 0.615. The van der Waals surface area contributed by atoms with E-state index in [4.69, 9.17) is 5.11 Å². The third-order valence-corrected chi connectivity index (χ3v) is 2.84. The molecule has 0 saturated carbocycles. The average molecular weight is 215 g/mol. The number of carboxylic acid groups (broad SMARTS) is 1. The zero-order chi connectivity index (χ0) is 11.3. The Labute approximate surface area is 91.0 Å². The Bertz CT molecular complexity index is 201. The molecule has 1 aliphatic heterocycles. The van der Waals surface area contributed by atoms with Crippen molar-refractivity contribution in [2.24, 2.45) is 0 Å². The van der Waals surface area contributed by atoms with Crippen molar-refractivity contribution >= 4 is 6.09 Å². The van der Waals surface area contributed by atoms with Crippen molar-refractivity contribution in [1.82, 2.24) is 15.1 Å². The quantitative estimate of drug-likeness (QED) is 0.707. The van der Waals surface area contributed by atoms with Gasteiger partial charge in [-0.05, 0) is 13.8 Å². The molecule has 0 atom stereocenters. The molecular weight excluding hydrogens is 194 g/mol. The number of carbonyl (C=O) groups is 1. The van der Waals surface area contributed by atoms with Crippen molar-refractivity contribution in [2.45, 2.75) is 19.9 Å². The molecule has 0 bridgehead atoms. The molecule has 1 fully saturated rings. The number of nitrogens with one attached hydrogen (secondary N) is 1. The van der Waals surface area contributed by atoms with Crippen LogP contribution in [0.25, 0.3) is 0 Å². The molecule has 1 aliphatic rings. The first kappa shape index (κ1) is 12.3. The normalized spacial score (nSPS) is 19.4. The third kappa shape index (κ3) is 4.48. The largest absolute Gasteiger partial charge is 0.465 e. The molecule has 2 N–H and O–H groups in total. The molecule has 0 unspecified atom stereocenters. The molecule has 15 heavy (non-hydrogen) atoms. The Hall–Kier alpha value is -0.810. The van der Waals surface area contributed by atoms with E-state index in [-0.39, 0.29) is 0 Å². The minimum absolute atomic E-state index is 0.525. The summed E-state index contributed by atoms with van der Waals surface area (Å²) in [5, 5.41) is 10.8. The van der Waals surface area contributed by atoms with Gasteiger partial charge < -0.3 is 10.4 Å². The average Bonchev–Trinajstić information content (AvgIpc) is 2.18. The standard InChI is InChI=1S/C10H21N3O2/c1-9(2)13-7-5-12(6-8-13)4-3-11-10(14)15/h9,11H,3-8H2,1-2H3,(H,14,15). The van der Waals surface area contributed by atoms with Gasteiger partial charge in [-0.15, -0.1) is 0 Å². The third-order valence-electron chi connectivity index (χ3n) is 2.84. The maximum Gasteiger partial charge on any atom is 0.404 e. The van der Waals surface area contributed by atoms with Crippen LogP contribution in [0, 0.1) is 0 Å². The number of piperazine rings is 1. The fraction of sp³-hybridized carbons (Fsp3) is 0.900. The van der Waals surface area contributed by atoms with E-state index in [1.165, 1.54) is 0 Å². The second-order valence-corrected chi connectivity index (χ2v) is 4.20. The van der Waals surface area contributed by atoms with Gasteiger partial charge in [-0.3, -0.25) is 9.80 Å². The molecule has 1 saturated heterocycles. The molecule has 0 aromatic heterocycles. The zero-order valence-electron chi connectivity index (χ0n) is 9.57. The van der Waals surface area contributed by atoms with Crippen LogP contribution in [0.4, 0.5) is 4.79 Å². The Kier molecular flexibility index (Phi) is 4.84. The van der Waals surface area contributed by atoms with E-state index in [1.807, 2.05) is 0 Å². The highest BCUT2D eigenvalue weighted by Gasteiger charge is 2.18. The van der Waals surface area contributed by atoms with Crippen LogP contribution >= 0.6 is 0 Å². The Balaban J connectivity index is 2.12. The lowest BCUT2D eigenvalue weighted by atomic mass is 10.2. The second kappa shape index (κ2) is 5.92. The Morgan fingerprint density at radius 3 is 2.40 bits per heavy atom.